The summed E-state index contributed by atoms with van der Waals surface area (Å²) in [4.78, 5) is 11.1. The van der Waals surface area contributed by atoms with Crippen LogP contribution in [0.5, 0.6) is 0 Å². The lowest BCUT2D eigenvalue weighted by molar-refractivity contribution is 0.101. The van der Waals surface area contributed by atoms with Gasteiger partial charge in [-0.2, -0.15) is 0 Å². The fraction of sp³-hybridized carbons (Fsp3) is 0.222. The zero-order valence-corrected chi connectivity index (χ0v) is 8.60. The highest BCUT2D eigenvalue weighted by molar-refractivity contribution is 9.10. The van der Waals surface area contributed by atoms with Gasteiger partial charge in [0.1, 0.15) is 0 Å². The standard InChI is InChI=1S/C9H10BrNO/c1-6(12)8-5-7(10)3-4-9(8)11-2/h3-5,11H,1-2H3. The summed E-state index contributed by atoms with van der Waals surface area (Å²) in [5, 5.41) is 2.96. The number of hydrogen-bond acceptors (Lipinski definition) is 2. The van der Waals surface area contributed by atoms with Gasteiger partial charge in [-0.3, -0.25) is 4.79 Å². The summed E-state index contributed by atoms with van der Waals surface area (Å²) in [5.41, 5.74) is 1.58. The van der Waals surface area contributed by atoms with Gasteiger partial charge in [-0.05, 0) is 25.1 Å². The van der Waals surface area contributed by atoms with E-state index in [9.17, 15) is 4.79 Å². The maximum absolute atomic E-state index is 11.1. The predicted molar refractivity (Wildman–Crippen MR) is 53.7 cm³/mol. The Labute approximate surface area is 80.1 Å². The van der Waals surface area contributed by atoms with Crippen LogP contribution < -0.4 is 5.32 Å². The summed E-state index contributed by atoms with van der Waals surface area (Å²) < 4.78 is 0.923. The van der Waals surface area contributed by atoms with Crippen LogP contribution in [-0.4, -0.2) is 12.8 Å². The molecule has 1 rings (SSSR count). The van der Waals surface area contributed by atoms with E-state index in [1.807, 2.05) is 18.2 Å². The predicted octanol–water partition coefficient (Wildman–Crippen LogP) is 2.69. The minimum atomic E-state index is 0.0700. The number of nitrogens with one attached hydrogen (secondary N) is 1. The first-order valence-corrected chi connectivity index (χ1v) is 4.42. The van der Waals surface area contributed by atoms with Crippen molar-refractivity contribution in [3.05, 3.63) is 28.2 Å². The molecule has 0 spiro atoms. The van der Waals surface area contributed by atoms with Crippen LogP contribution >= 0.6 is 15.9 Å². The molecule has 0 fully saturated rings. The number of anilines is 1. The van der Waals surface area contributed by atoms with Gasteiger partial charge >= 0.3 is 0 Å². The molecule has 1 aromatic rings. The van der Waals surface area contributed by atoms with Gasteiger partial charge in [-0.25, -0.2) is 0 Å². The van der Waals surface area contributed by atoms with Gasteiger partial charge < -0.3 is 5.32 Å². The number of rotatable bonds is 2. The molecule has 1 aromatic carbocycles. The van der Waals surface area contributed by atoms with Crippen LogP contribution in [0.1, 0.15) is 17.3 Å². The monoisotopic (exact) mass is 227 g/mol. The highest BCUT2D eigenvalue weighted by Crippen LogP contribution is 2.20. The SMILES string of the molecule is CNc1ccc(Br)cc1C(C)=O. The number of halogens is 1. The average Bonchev–Trinajstić information content (AvgIpc) is 2.04. The second-order valence-electron chi connectivity index (χ2n) is 2.50. The van der Waals surface area contributed by atoms with Crippen LogP contribution in [0.2, 0.25) is 0 Å². The Hall–Kier alpha value is -0.830. The fourth-order valence-electron chi connectivity index (χ4n) is 1.03. The quantitative estimate of drug-likeness (QED) is 0.788. The van der Waals surface area contributed by atoms with E-state index in [-0.39, 0.29) is 5.78 Å². The number of ketones is 1. The molecule has 0 atom stereocenters. The molecule has 0 aliphatic rings. The maximum atomic E-state index is 11.1. The van der Waals surface area contributed by atoms with Crippen molar-refractivity contribution in [2.75, 3.05) is 12.4 Å². The summed E-state index contributed by atoms with van der Waals surface area (Å²) in [6.07, 6.45) is 0. The Morgan fingerprint density at radius 3 is 2.67 bits per heavy atom. The Kier molecular flexibility index (Phi) is 2.87. The number of hydrogen-bond donors (Lipinski definition) is 1. The van der Waals surface area contributed by atoms with Crippen LogP contribution in [0, 0.1) is 0 Å². The van der Waals surface area contributed by atoms with Crippen molar-refractivity contribution in [2.45, 2.75) is 6.92 Å². The molecular weight excluding hydrogens is 218 g/mol. The van der Waals surface area contributed by atoms with Crippen molar-refractivity contribution in [1.29, 1.82) is 0 Å². The van der Waals surface area contributed by atoms with Gasteiger partial charge in [0.05, 0.1) is 0 Å². The van der Waals surface area contributed by atoms with E-state index >= 15 is 0 Å². The van der Waals surface area contributed by atoms with Gasteiger partial charge in [0, 0.05) is 22.8 Å². The molecule has 0 radical (unpaired) electrons. The van der Waals surface area contributed by atoms with Gasteiger partial charge in [0.15, 0.2) is 5.78 Å². The summed E-state index contributed by atoms with van der Waals surface area (Å²) >= 11 is 3.31. The van der Waals surface area contributed by atoms with Crippen LogP contribution in [0.4, 0.5) is 5.69 Å². The smallest absolute Gasteiger partial charge is 0.161 e. The molecule has 2 nitrogen and oxygen atoms in total. The summed E-state index contributed by atoms with van der Waals surface area (Å²) in [6.45, 7) is 1.56. The summed E-state index contributed by atoms with van der Waals surface area (Å²) in [6, 6.07) is 5.59. The third-order valence-corrected chi connectivity index (χ3v) is 2.12. The van der Waals surface area contributed by atoms with Crippen LogP contribution in [0.15, 0.2) is 22.7 Å². The Morgan fingerprint density at radius 2 is 2.17 bits per heavy atom. The molecular formula is C9H10BrNO. The fourth-order valence-corrected chi connectivity index (χ4v) is 1.39. The van der Waals surface area contributed by atoms with E-state index in [0.29, 0.717) is 5.56 Å². The van der Waals surface area contributed by atoms with E-state index in [2.05, 4.69) is 21.2 Å². The first kappa shape index (κ1) is 9.26. The summed E-state index contributed by atoms with van der Waals surface area (Å²) in [5.74, 6) is 0.0700. The number of carbonyl (C=O) groups excluding carboxylic acids is 1. The van der Waals surface area contributed by atoms with Crippen molar-refractivity contribution in [2.24, 2.45) is 0 Å². The van der Waals surface area contributed by atoms with E-state index in [1.54, 1.807) is 14.0 Å². The molecule has 0 aliphatic heterocycles. The molecule has 0 amide bonds. The average molecular weight is 228 g/mol. The Bertz CT molecular complexity index is 309. The number of benzene rings is 1. The molecule has 12 heavy (non-hydrogen) atoms. The minimum Gasteiger partial charge on any atom is -0.388 e. The lowest BCUT2D eigenvalue weighted by Gasteiger charge is -2.05. The summed E-state index contributed by atoms with van der Waals surface area (Å²) in [7, 11) is 1.80. The van der Waals surface area contributed by atoms with Crippen LogP contribution in [0.25, 0.3) is 0 Å². The molecule has 0 aliphatic carbocycles. The molecule has 0 aromatic heterocycles. The lowest BCUT2D eigenvalue weighted by atomic mass is 10.1. The largest absolute Gasteiger partial charge is 0.388 e. The third-order valence-electron chi connectivity index (χ3n) is 1.63. The van der Waals surface area contributed by atoms with E-state index in [0.717, 1.165) is 10.2 Å². The van der Waals surface area contributed by atoms with Crippen molar-refractivity contribution < 1.29 is 4.79 Å². The second kappa shape index (κ2) is 3.72. The molecule has 0 saturated heterocycles. The lowest BCUT2D eigenvalue weighted by Crippen LogP contribution is -1.99. The molecule has 3 heteroatoms. The van der Waals surface area contributed by atoms with Crippen molar-refractivity contribution in [1.82, 2.24) is 0 Å². The first-order chi connectivity index (χ1) is 5.65. The highest BCUT2D eigenvalue weighted by atomic mass is 79.9. The van der Waals surface area contributed by atoms with Crippen molar-refractivity contribution >= 4 is 27.4 Å². The zero-order chi connectivity index (χ0) is 9.14. The van der Waals surface area contributed by atoms with Gasteiger partial charge in [-0.1, -0.05) is 15.9 Å². The van der Waals surface area contributed by atoms with E-state index in [4.69, 9.17) is 0 Å². The van der Waals surface area contributed by atoms with Crippen LogP contribution in [0.3, 0.4) is 0 Å². The number of carbonyl (C=O) groups is 1. The molecule has 0 saturated carbocycles. The molecule has 0 unspecified atom stereocenters. The topological polar surface area (TPSA) is 29.1 Å². The van der Waals surface area contributed by atoms with Crippen molar-refractivity contribution in [3.63, 3.8) is 0 Å². The number of Topliss-reactive ketones (excluding diaryl/α,β-unsaturated/α-hetero) is 1. The van der Waals surface area contributed by atoms with Gasteiger partial charge in [0.25, 0.3) is 0 Å². The van der Waals surface area contributed by atoms with E-state index in [1.165, 1.54) is 0 Å². The zero-order valence-electron chi connectivity index (χ0n) is 7.02. The third kappa shape index (κ3) is 1.85. The molecule has 64 valence electrons. The Balaban J connectivity index is 3.21. The molecule has 1 N–H and O–H groups in total. The Morgan fingerprint density at radius 1 is 1.50 bits per heavy atom. The normalized spacial score (nSPS) is 9.58. The maximum Gasteiger partial charge on any atom is 0.161 e. The molecule has 0 heterocycles. The van der Waals surface area contributed by atoms with Gasteiger partial charge in [0.2, 0.25) is 0 Å². The van der Waals surface area contributed by atoms with E-state index < -0.39 is 0 Å². The van der Waals surface area contributed by atoms with Crippen molar-refractivity contribution in [3.8, 4) is 0 Å². The molecule has 0 bridgehead atoms. The van der Waals surface area contributed by atoms with Crippen LogP contribution in [-0.2, 0) is 0 Å². The van der Waals surface area contributed by atoms with Gasteiger partial charge in [-0.15, -0.1) is 0 Å². The second-order valence-corrected chi connectivity index (χ2v) is 3.41. The highest BCUT2D eigenvalue weighted by Gasteiger charge is 2.05. The minimum absolute atomic E-state index is 0.0700. The first-order valence-electron chi connectivity index (χ1n) is 3.63.